The minimum atomic E-state index is -0.388. The molecule has 1 saturated carbocycles. The molecule has 17 heavy (non-hydrogen) atoms. The van der Waals surface area contributed by atoms with Gasteiger partial charge in [-0.25, -0.2) is 0 Å². The third kappa shape index (κ3) is 5.84. The Kier molecular flexibility index (Phi) is 5.42. The third-order valence-corrected chi connectivity index (χ3v) is 3.49. The Morgan fingerprint density at radius 3 is 2.41 bits per heavy atom. The zero-order valence-corrected chi connectivity index (χ0v) is 12.0. The highest BCUT2D eigenvalue weighted by Crippen LogP contribution is 2.44. The molecule has 3 heteroatoms. The third-order valence-electron chi connectivity index (χ3n) is 3.49. The van der Waals surface area contributed by atoms with Crippen LogP contribution in [0.3, 0.4) is 0 Å². The molecule has 0 spiro atoms. The Balaban J connectivity index is 2.03. The number of hydrogen-bond acceptors (Lipinski definition) is 3. The van der Waals surface area contributed by atoms with Crippen LogP contribution in [0.2, 0.25) is 0 Å². The molecule has 0 radical (unpaired) electrons. The van der Waals surface area contributed by atoms with Crippen molar-refractivity contribution >= 4 is 0 Å². The molecule has 3 atom stereocenters. The molecule has 0 heterocycles. The van der Waals surface area contributed by atoms with E-state index in [1.165, 1.54) is 6.42 Å². The second-order valence-corrected chi connectivity index (χ2v) is 6.58. The summed E-state index contributed by atoms with van der Waals surface area (Å²) < 4.78 is 5.63. The van der Waals surface area contributed by atoms with Crippen molar-refractivity contribution in [2.45, 2.75) is 65.7 Å². The summed E-state index contributed by atoms with van der Waals surface area (Å²) in [4.78, 5) is 0. The number of nitrogens with one attached hydrogen (secondary N) is 1. The number of rotatable bonds is 8. The number of aliphatic hydroxyl groups is 1. The molecule has 0 aromatic heterocycles. The lowest BCUT2D eigenvalue weighted by Gasteiger charge is -2.18. The zero-order chi connectivity index (χ0) is 13.1. The highest BCUT2D eigenvalue weighted by atomic mass is 16.5. The van der Waals surface area contributed by atoms with Gasteiger partial charge in [0.15, 0.2) is 0 Å². The van der Waals surface area contributed by atoms with Gasteiger partial charge in [-0.3, -0.25) is 0 Å². The quantitative estimate of drug-likeness (QED) is 0.686. The predicted octanol–water partition coefficient (Wildman–Crippen LogP) is 2.19. The summed E-state index contributed by atoms with van der Waals surface area (Å²) in [5.74, 6) is 0.646. The molecule has 0 bridgehead atoms. The fourth-order valence-electron chi connectivity index (χ4n) is 2.16. The van der Waals surface area contributed by atoms with Gasteiger partial charge in [-0.2, -0.15) is 0 Å². The van der Waals surface area contributed by atoms with E-state index < -0.39 is 0 Å². The maximum absolute atomic E-state index is 9.79. The Morgan fingerprint density at radius 1 is 1.35 bits per heavy atom. The van der Waals surface area contributed by atoms with Crippen LogP contribution >= 0.6 is 0 Å². The van der Waals surface area contributed by atoms with Gasteiger partial charge in [0.05, 0.1) is 18.8 Å². The molecule has 1 rings (SSSR count). The molecule has 102 valence electrons. The van der Waals surface area contributed by atoms with E-state index in [1.54, 1.807) is 0 Å². The monoisotopic (exact) mass is 243 g/mol. The molecule has 0 aromatic rings. The van der Waals surface area contributed by atoms with E-state index in [4.69, 9.17) is 4.74 Å². The number of ether oxygens (including phenoxy) is 1. The van der Waals surface area contributed by atoms with Crippen LogP contribution in [0, 0.1) is 11.3 Å². The minimum absolute atomic E-state index is 0.238. The zero-order valence-electron chi connectivity index (χ0n) is 12.0. The van der Waals surface area contributed by atoms with E-state index in [-0.39, 0.29) is 12.2 Å². The van der Waals surface area contributed by atoms with Crippen molar-refractivity contribution in [1.29, 1.82) is 0 Å². The largest absolute Gasteiger partial charge is 0.389 e. The van der Waals surface area contributed by atoms with Crippen LogP contribution in [0.15, 0.2) is 0 Å². The summed E-state index contributed by atoms with van der Waals surface area (Å²) in [7, 11) is 0. The summed E-state index contributed by atoms with van der Waals surface area (Å²) in [6, 6.07) is 0.574. The topological polar surface area (TPSA) is 41.5 Å². The fourth-order valence-corrected chi connectivity index (χ4v) is 2.16. The lowest BCUT2D eigenvalue weighted by atomic mass is 10.1. The van der Waals surface area contributed by atoms with Gasteiger partial charge in [0, 0.05) is 12.6 Å². The van der Waals surface area contributed by atoms with Gasteiger partial charge in [-0.05, 0) is 31.1 Å². The molecule has 1 aliphatic carbocycles. The molecule has 1 aliphatic rings. The lowest BCUT2D eigenvalue weighted by molar-refractivity contribution is -0.00877. The summed E-state index contributed by atoms with van der Waals surface area (Å²) in [6.07, 6.45) is 2.11. The van der Waals surface area contributed by atoms with Crippen molar-refractivity contribution in [3.05, 3.63) is 0 Å². The maximum Gasteiger partial charge on any atom is 0.0897 e. The first kappa shape index (κ1) is 14.9. The van der Waals surface area contributed by atoms with Gasteiger partial charge in [0.25, 0.3) is 0 Å². The van der Waals surface area contributed by atoms with Crippen molar-refractivity contribution in [2.24, 2.45) is 11.3 Å². The van der Waals surface area contributed by atoms with Gasteiger partial charge in [-0.15, -0.1) is 0 Å². The fraction of sp³-hybridized carbons (Fsp3) is 1.00. The van der Waals surface area contributed by atoms with Gasteiger partial charge in [-0.1, -0.05) is 27.7 Å². The second-order valence-electron chi connectivity index (χ2n) is 6.58. The maximum atomic E-state index is 9.79. The van der Waals surface area contributed by atoms with Crippen LogP contribution in [0.1, 0.15) is 47.5 Å². The number of aliphatic hydroxyl groups excluding tert-OH is 1. The van der Waals surface area contributed by atoms with Gasteiger partial charge in [0.2, 0.25) is 0 Å². The average molecular weight is 243 g/mol. The van der Waals surface area contributed by atoms with Gasteiger partial charge in [0.1, 0.15) is 0 Å². The first-order valence-corrected chi connectivity index (χ1v) is 6.84. The van der Waals surface area contributed by atoms with Crippen LogP contribution < -0.4 is 5.32 Å². The van der Waals surface area contributed by atoms with Crippen LogP contribution in [-0.2, 0) is 4.74 Å². The predicted molar refractivity (Wildman–Crippen MR) is 71.1 cm³/mol. The van der Waals surface area contributed by atoms with E-state index in [0.29, 0.717) is 30.5 Å². The molecule has 0 aromatic carbocycles. The van der Waals surface area contributed by atoms with Crippen molar-refractivity contribution < 1.29 is 9.84 Å². The normalized spacial score (nSPS) is 25.9. The molecule has 0 saturated heterocycles. The second kappa shape index (κ2) is 6.17. The van der Waals surface area contributed by atoms with E-state index >= 15 is 0 Å². The van der Waals surface area contributed by atoms with Crippen molar-refractivity contribution in [1.82, 2.24) is 5.32 Å². The molecular weight excluding hydrogens is 214 g/mol. The average Bonchev–Trinajstić information content (AvgIpc) is 2.79. The van der Waals surface area contributed by atoms with Crippen molar-refractivity contribution in [2.75, 3.05) is 13.2 Å². The Labute approximate surface area is 106 Å². The van der Waals surface area contributed by atoms with Crippen molar-refractivity contribution in [3.63, 3.8) is 0 Å². The van der Waals surface area contributed by atoms with Crippen LogP contribution in [0.4, 0.5) is 0 Å². The van der Waals surface area contributed by atoms with Gasteiger partial charge >= 0.3 is 0 Å². The van der Waals surface area contributed by atoms with Crippen LogP contribution in [0.25, 0.3) is 0 Å². The SMILES string of the molecule is CC(C)CC(C)OCC(O)CNC1CC1(C)C. The minimum Gasteiger partial charge on any atom is -0.389 e. The molecule has 2 N–H and O–H groups in total. The first-order chi connectivity index (χ1) is 7.81. The number of hydrogen-bond donors (Lipinski definition) is 2. The molecular formula is C14H29NO2. The summed E-state index contributed by atoms with van der Waals surface area (Å²) >= 11 is 0. The van der Waals surface area contributed by atoms with Crippen LogP contribution in [0.5, 0.6) is 0 Å². The molecule has 3 unspecified atom stereocenters. The van der Waals surface area contributed by atoms with Gasteiger partial charge < -0.3 is 15.2 Å². The lowest BCUT2D eigenvalue weighted by Crippen LogP contribution is -2.34. The smallest absolute Gasteiger partial charge is 0.0897 e. The van der Waals surface area contributed by atoms with E-state index in [1.807, 2.05) is 0 Å². The molecule has 1 fully saturated rings. The first-order valence-electron chi connectivity index (χ1n) is 6.84. The highest BCUT2D eigenvalue weighted by Gasteiger charge is 2.45. The highest BCUT2D eigenvalue weighted by molar-refractivity contribution is 5.01. The van der Waals surface area contributed by atoms with E-state index in [2.05, 4.69) is 39.9 Å². The van der Waals surface area contributed by atoms with E-state index in [9.17, 15) is 5.11 Å². The summed E-state index contributed by atoms with van der Waals surface area (Å²) in [5.41, 5.74) is 0.422. The van der Waals surface area contributed by atoms with Crippen molar-refractivity contribution in [3.8, 4) is 0 Å². The molecule has 0 amide bonds. The Morgan fingerprint density at radius 2 is 1.94 bits per heavy atom. The summed E-state index contributed by atoms with van der Waals surface area (Å²) in [6.45, 7) is 12.0. The summed E-state index contributed by atoms with van der Waals surface area (Å²) in [5, 5.41) is 13.2. The molecule has 0 aliphatic heterocycles. The van der Waals surface area contributed by atoms with Crippen LogP contribution in [-0.4, -0.2) is 36.5 Å². The Bertz CT molecular complexity index is 228. The Hall–Kier alpha value is -0.120. The van der Waals surface area contributed by atoms with E-state index in [0.717, 1.165) is 6.42 Å². The standard InChI is InChI=1S/C14H29NO2/c1-10(2)6-11(3)17-9-12(16)8-15-13-7-14(13,4)5/h10-13,15-16H,6-9H2,1-5H3. The molecule has 3 nitrogen and oxygen atoms in total.